The van der Waals surface area contributed by atoms with Crippen LogP contribution >= 0.6 is 27.7 Å². The minimum Gasteiger partial charge on any atom is -0.294 e. The first-order valence-electron chi connectivity index (χ1n) is 7.27. The zero-order chi connectivity index (χ0) is 15.6. The average molecular weight is 381 g/mol. The van der Waals surface area contributed by atoms with Crippen LogP contribution in [0.1, 0.15) is 0 Å². The summed E-state index contributed by atoms with van der Waals surface area (Å²) >= 11 is 5.23. The van der Waals surface area contributed by atoms with Crippen molar-refractivity contribution in [1.82, 2.24) is 9.38 Å². The molecule has 0 aliphatic carbocycles. The molecule has 0 saturated carbocycles. The summed E-state index contributed by atoms with van der Waals surface area (Å²) < 4.78 is 3.22. The lowest BCUT2D eigenvalue weighted by atomic mass is 10.2. The van der Waals surface area contributed by atoms with Gasteiger partial charge in [0.2, 0.25) is 0 Å². The molecule has 112 valence electrons. The number of aromatic nitrogens is 2. The van der Waals surface area contributed by atoms with E-state index in [1.807, 2.05) is 24.3 Å². The van der Waals surface area contributed by atoms with E-state index in [0.29, 0.717) is 0 Å². The summed E-state index contributed by atoms with van der Waals surface area (Å²) in [7, 11) is 0. The molecule has 0 spiro atoms. The van der Waals surface area contributed by atoms with Gasteiger partial charge in [-0.15, -0.1) is 0 Å². The van der Waals surface area contributed by atoms with Crippen molar-refractivity contribution in [3.8, 4) is 11.3 Å². The summed E-state index contributed by atoms with van der Waals surface area (Å²) in [5.41, 5.74) is 3.09. The third-order valence-electron chi connectivity index (χ3n) is 3.56. The average Bonchev–Trinajstić information content (AvgIpc) is 2.95. The summed E-state index contributed by atoms with van der Waals surface area (Å²) in [6.07, 6.45) is 2.07. The molecule has 0 saturated heterocycles. The van der Waals surface area contributed by atoms with Crippen LogP contribution < -0.4 is 0 Å². The summed E-state index contributed by atoms with van der Waals surface area (Å²) in [4.78, 5) is 6.04. The highest BCUT2D eigenvalue weighted by Gasteiger charge is 2.15. The molecule has 0 fully saturated rings. The zero-order valence-electron chi connectivity index (χ0n) is 12.2. The number of pyridine rings is 1. The molecule has 0 radical (unpaired) electrons. The first-order valence-corrected chi connectivity index (χ1v) is 8.88. The van der Waals surface area contributed by atoms with Crippen molar-refractivity contribution in [2.75, 3.05) is 0 Å². The molecule has 0 N–H and O–H groups in total. The van der Waals surface area contributed by atoms with E-state index < -0.39 is 0 Å². The molecule has 0 aliphatic heterocycles. The van der Waals surface area contributed by atoms with Crippen LogP contribution in [0.25, 0.3) is 16.9 Å². The molecule has 4 rings (SSSR count). The number of benzene rings is 2. The van der Waals surface area contributed by atoms with E-state index in [4.69, 9.17) is 4.98 Å². The van der Waals surface area contributed by atoms with Gasteiger partial charge in [-0.1, -0.05) is 64.1 Å². The molecule has 4 heteroatoms. The Morgan fingerprint density at radius 3 is 2.35 bits per heavy atom. The third kappa shape index (κ3) is 2.92. The Balaban J connectivity index is 1.89. The van der Waals surface area contributed by atoms with Gasteiger partial charge in [-0.3, -0.25) is 4.40 Å². The largest absolute Gasteiger partial charge is 0.294 e. The molecule has 0 aliphatic rings. The number of hydrogen-bond donors (Lipinski definition) is 0. The Labute approximate surface area is 147 Å². The molecule has 2 aromatic heterocycles. The quantitative estimate of drug-likeness (QED) is 0.439. The third-order valence-corrected chi connectivity index (χ3v) is 5.18. The van der Waals surface area contributed by atoms with E-state index in [1.54, 1.807) is 11.8 Å². The van der Waals surface area contributed by atoms with Gasteiger partial charge in [-0.05, 0) is 36.4 Å². The van der Waals surface area contributed by atoms with Crippen molar-refractivity contribution in [2.24, 2.45) is 0 Å². The maximum atomic E-state index is 4.84. The molecule has 2 nitrogen and oxygen atoms in total. The van der Waals surface area contributed by atoms with Crippen molar-refractivity contribution in [3.63, 3.8) is 0 Å². The maximum Gasteiger partial charge on any atom is 0.138 e. The number of rotatable bonds is 3. The van der Waals surface area contributed by atoms with Gasteiger partial charge in [-0.25, -0.2) is 4.98 Å². The SMILES string of the molecule is Brc1ccc(-c2nc3ccccn3c2Sc2ccccc2)cc1. The summed E-state index contributed by atoms with van der Waals surface area (Å²) in [6, 6.07) is 24.8. The van der Waals surface area contributed by atoms with Gasteiger partial charge in [0, 0.05) is 21.1 Å². The fourth-order valence-electron chi connectivity index (χ4n) is 2.47. The Kier molecular flexibility index (Phi) is 3.93. The summed E-state index contributed by atoms with van der Waals surface area (Å²) in [5, 5.41) is 1.13. The van der Waals surface area contributed by atoms with Crippen molar-refractivity contribution in [1.29, 1.82) is 0 Å². The minimum absolute atomic E-state index is 0.962. The van der Waals surface area contributed by atoms with Crippen LogP contribution in [0, 0.1) is 0 Å². The molecule has 0 bridgehead atoms. The lowest BCUT2D eigenvalue weighted by Gasteiger charge is -2.05. The summed E-state index contributed by atoms with van der Waals surface area (Å²) in [5.74, 6) is 0. The van der Waals surface area contributed by atoms with Crippen LogP contribution in [0.4, 0.5) is 0 Å². The molecule has 4 aromatic rings. The van der Waals surface area contributed by atoms with Crippen molar-refractivity contribution < 1.29 is 0 Å². The van der Waals surface area contributed by atoms with Gasteiger partial charge in [0.05, 0.1) is 0 Å². The van der Waals surface area contributed by atoms with E-state index in [-0.39, 0.29) is 0 Å². The molecule has 2 aromatic carbocycles. The molecular weight excluding hydrogens is 368 g/mol. The van der Waals surface area contributed by atoms with Crippen LogP contribution in [0.3, 0.4) is 0 Å². The number of halogens is 1. The van der Waals surface area contributed by atoms with Gasteiger partial charge in [0.1, 0.15) is 16.4 Å². The van der Waals surface area contributed by atoms with Crippen LogP contribution in [0.2, 0.25) is 0 Å². The topological polar surface area (TPSA) is 17.3 Å². The highest BCUT2D eigenvalue weighted by molar-refractivity contribution is 9.10. The van der Waals surface area contributed by atoms with Gasteiger partial charge in [0.15, 0.2) is 0 Å². The monoisotopic (exact) mass is 380 g/mol. The normalized spacial score (nSPS) is 11.0. The van der Waals surface area contributed by atoms with E-state index in [0.717, 1.165) is 26.4 Å². The smallest absolute Gasteiger partial charge is 0.138 e. The van der Waals surface area contributed by atoms with Gasteiger partial charge in [-0.2, -0.15) is 0 Å². The highest BCUT2D eigenvalue weighted by atomic mass is 79.9. The molecule has 23 heavy (non-hydrogen) atoms. The van der Waals surface area contributed by atoms with Gasteiger partial charge < -0.3 is 0 Å². The van der Waals surface area contributed by atoms with Crippen LogP contribution in [0.15, 0.2) is 93.4 Å². The highest BCUT2D eigenvalue weighted by Crippen LogP contribution is 2.36. The molecule has 0 unspecified atom stereocenters. The molecule has 2 heterocycles. The van der Waals surface area contributed by atoms with Crippen molar-refractivity contribution >= 4 is 33.3 Å². The van der Waals surface area contributed by atoms with E-state index in [2.05, 4.69) is 75.1 Å². The number of imidazole rings is 1. The molecular formula is C19H13BrN2S. The zero-order valence-corrected chi connectivity index (χ0v) is 14.6. The first kappa shape index (κ1) is 14.5. The van der Waals surface area contributed by atoms with Gasteiger partial charge >= 0.3 is 0 Å². The van der Waals surface area contributed by atoms with E-state index in [9.17, 15) is 0 Å². The number of hydrogen-bond acceptors (Lipinski definition) is 2. The molecule has 0 amide bonds. The Hall–Kier alpha value is -2.04. The first-order chi connectivity index (χ1) is 11.3. The second kappa shape index (κ2) is 6.22. The fraction of sp³-hybridized carbons (Fsp3) is 0. The number of fused-ring (bicyclic) bond motifs is 1. The van der Waals surface area contributed by atoms with Crippen LogP contribution in [-0.4, -0.2) is 9.38 Å². The maximum absolute atomic E-state index is 4.84. The van der Waals surface area contributed by atoms with Crippen molar-refractivity contribution in [3.05, 3.63) is 83.5 Å². The Bertz CT molecular complexity index is 946. The predicted molar refractivity (Wildman–Crippen MR) is 98.9 cm³/mol. The predicted octanol–water partition coefficient (Wildman–Crippen LogP) is 5.92. The van der Waals surface area contributed by atoms with E-state index in [1.165, 1.54) is 4.90 Å². The second-order valence-electron chi connectivity index (χ2n) is 5.12. The van der Waals surface area contributed by atoms with Crippen molar-refractivity contribution in [2.45, 2.75) is 9.92 Å². The Morgan fingerprint density at radius 1 is 0.826 bits per heavy atom. The second-order valence-corrected chi connectivity index (χ2v) is 7.09. The van der Waals surface area contributed by atoms with E-state index >= 15 is 0 Å². The van der Waals surface area contributed by atoms with Crippen LogP contribution in [-0.2, 0) is 0 Å². The standard InChI is InChI=1S/C19H13BrN2S/c20-15-11-9-14(10-12-15)18-19(23-16-6-2-1-3-7-16)22-13-5-4-8-17(22)21-18/h1-13H. The minimum atomic E-state index is 0.962. The van der Waals surface area contributed by atoms with Crippen LogP contribution in [0.5, 0.6) is 0 Å². The lowest BCUT2D eigenvalue weighted by molar-refractivity contribution is 1.05. The van der Waals surface area contributed by atoms with Gasteiger partial charge in [0.25, 0.3) is 0 Å². The fourth-order valence-corrected chi connectivity index (χ4v) is 3.76. The Morgan fingerprint density at radius 2 is 1.57 bits per heavy atom. The lowest BCUT2D eigenvalue weighted by Crippen LogP contribution is -1.86. The number of nitrogens with zero attached hydrogens (tertiary/aromatic N) is 2. The summed E-state index contributed by atoms with van der Waals surface area (Å²) in [6.45, 7) is 0. The molecule has 0 atom stereocenters.